The summed E-state index contributed by atoms with van der Waals surface area (Å²) in [5.41, 5.74) is 7.64. The van der Waals surface area contributed by atoms with Crippen molar-refractivity contribution in [3.8, 4) is 5.75 Å². The first-order valence-electron chi connectivity index (χ1n) is 15.5. The van der Waals surface area contributed by atoms with Crippen LogP contribution >= 0.6 is 0 Å². The van der Waals surface area contributed by atoms with Crippen molar-refractivity contribution in [1.82, 2.24) is 20.3 Å². The summed E-state index contributed by atoms with van der Waals surface area (Å²) in [6, 6.07) is 15.0. The summed E-state index contributed by atoms with van der Waals surface area (Å²) >= 11 is 0. The highest BCUT2D eigenvalue weighted by molar-refractivity contribution is 5.95. The normalized spacial score (nSPS) is 10.8. The van der Waals surface area contributed by atoms with E-state index in [4.69, 9.17) is 19.9 Å². The molecule has 0 fully saturated rings. The van der Waals surface area contributed by atoms with E-state index in [-0.39, 0.29) is 5.91 Å². The Bertz CT molecular complexity index is 1230. The molecule has 0 unspecified atom stereocenters. The van der Waals surface area contributed by atoms with Crippen LogP contribution in [0.2, 0.25) is 0 Å². The molecular weight excluding hydrogens is 560 g/mol. The van der Waals surface area contributed by atoms with Crippen LogP contribution in [0.4, 0.5) is 23.5 Å². The lowest BCUT2D eigenvalue weighted by atomic mass is 10.1. The molecule has 3 aromatic rings. The van der Waals surface area contributed by atoms with Crippen LogP contribution in [0.5, 0.6) is 5.75 Å². The van der Waals surface area contributed by atoms with Crippen molar-refractivity contribution in [1.29, 1.82) is 0 Å². The van der Waals surface area contributed by atoms with Gasteiger partial charge in [0, 0.05) is 37.4 Å². The Morgan fingerprint density at radius 3 is 2.25 bits per heavy atom. The van der Waals surface area contributed by atoms with E-state index in [9.17, 15) is 4.79 Å². The summed E-state index contributed by atoms with van der Waals surface area (Å²) < 4.78 is 16.0. The molecule has 44 heavy (non-hydrogen) atoms. The third-order valence-corrected chi connectivity index (χ3v) is 6.61. The number of methoxy groups -OCH3 is 1. The largest absolute Gasteiger partial charge is 0.497 e. The molecule has 0 aliphatic heterocycles. The number of carbonyl (C=O) groups is 1. The molecule has 12 nitrogen and oxygen atoms in total. The second kappa shape index (κ2) is 20.8. The minimum atomic E-state index is -0.199. The third-order valence-electron chi connectivity index (χ3n) is 6.61. The van der Waals surface area contributed by atoms with E-state index in [0.29, 0.717) is 75.2 Å². The number of nitrogens with two attached hydrogens (primary N) is 1. The molecule has 0 spiro atoms. The van der Waals surface area contributed by atoms with Crippen molar-refractivity contribution >= 4 is 29.4 Å². The van der Waals surface area contributed by atoms with Gasteiger partial charge in [-0.3, -0.25) is 4.79 Å². The number of nitrogens with one attached hydrogen (secondary N) is 4. The second-order valence-corrected chi connectivity index (χ2v) is 10.2. The molecule has 1 aromatic heterocycles. The summed E-state index contributed by atoms with van der Waals surface area (Å²) in [5, 5.41) is 12.7. The summed E-state index contributed by atoms with van der Waals surface area (Å²) in [4.78, 5) is 26.5. The molecule has 3 rings (SSSR count). The number of ether oxygens (including phenoxy) is 3. The standard InChI is InChI=1S/C32H48N8O4/c1-3-4-5-6-7-8-17-35-30-38-31(36-24-25-12-14-28(42-2)15-13-25)40-32(39-30)37-27-11-9-10-26(23-27)29(41)34-18-20-44-22-21-43-19-16-33/h9-15,23H,3-8,16-22,24,33H2,1-2H3,(H,34,41)(H3,35,36,37,38,39,40). The average Bonchev–Trinajstić information content (AvgIpc) is 3.05. The van der Waals surface area contributed by atoms with Gasteiger partial charge in [0.15, 0.2) is 0 Å². The molecule has 0 aliphatic carbocycles. The van der Waals surface area contributed by atoms with Crippen LogP contribution in [0.3, 0.4) is 0 Å². The minimum Gasteiger partial charge on any atom is -0.497 e. The number of aromatic nitrogens is 3. The SMILES string of the molecule is CCCCCCCCNc1nc(NCc2ccc(OC)cc2)nc(Nc2cccc(C(=O)NCCOCCOCCN)c2)n1. The summed E-state index contributed by atoms with van der Waals surface area (Å²) in [7, 11) is 1.65. The molecule has 0 aliphatic rings. The maximum absolute atomic E-state index is 12.7. The van der Waals surface area contributed by atoms with Crippen molar-refractivity contribution in [2.75, 3.05) is 69.1 Å². The Hall–Kier alpha value is -4.00. The van der Waals surface area contributed by atoms with Crippen molar-refractivity contribution < 1.29 is 19.0 Å². The number of rotatable bonds is 23. The quantitative estimate of drug-likeness (QED) is 0.0948. The molecule has 1 heterocycles. The van der Waals surface area contributed by atoms with E-state index in [1.807, 2.05) is 36.4 Å². The number of carbonyl (C=O) groups excluding carboxylic acids is 1. The summed E-state index contributed by atoms with van der Waals surface area (Å²) in [6.45, 7) is 6.22. The number of anilines is 4. The molecule has 6 N–H and O–H groups in total. The zero-order chi connectivity index (χ0) is 31.2. The lowest BCUT2D eigenvalue weighted by Crippen LogP contribution is -2.27. The van der Waals surface area contributed by atoms with E-state index in [1.165, 1.54) is 25.7 Å². The van der Waals surface area contributed by atoms with Gasteiger partial charge in [0.25, 0.3) is 5.91 Å². The van der Waals surface area contributed by atoms with Crippen molar-refractivity contribution in [2.24, 2.45) is 5.73 Å². The highest BCUT2D eigenvalue weighted by atomic mass is 16.5. The number of nitrogens with zero attached hydrogens (tertiary/aromatic N) is 3. The molecule has 0 bridgehead atoms. The molecule has 0 saturated carbocycles. The van der Waals surface area contributed by atoms with Crippen LogP contribution in [0.1, 0.15) is 61.4 Å². The van der Waals surface area contributed by atoms with Crippen LogP contribution < -0.4 is 31.7 Å². The minimum absolute atomic E-state index is 0.199. The molecule has 240 valence electrons. The summed E-state index contributed by atoms with van der Waals surface area (Å²) in [5.74, 6) is 1.89. The fourth-order valence-corrected chi connectivity index (χ4v) is 4.23. The highest BCUT2D eigenvalue weighted by Crippen LogP contribution is 2.19. The zero-order valence-corrected chi connectivity index (χ0v) is 26.1. The van der Waals surface area contributed by atoms with Gasteiger partial charge in [-0.05, 0) is 42.3 Å². The molecule has 0 saturated heterocycles. The number of amides is 1. The lowest BCUT2D eigenvalue weighted by Gasteiger charge is -2.12. The predicted molar refractivity (Wildman–Crippen MR) is 175 cm³/mol. The number of unbranched alkanes of at least 4 members (excludes halogenated alkanes) is 5. The topological polar surface area (TPSA) is 158 Å². The van der Waals surface area contributed by atoms with Gasteiger partial charge in [0.2, 0.25) is 17.8 Å². The average molecular weight is 609 g/mol. The Balaban J connectivity index is 1.59. The maximum atomic E-state index is 12.7. The number of benzene rings is 2. The van der Waals surface area contributed by atoms with Gasteiger partial charge >= 0.3 is 0 Å². The summed E-state index contributed by atoms with van der Waals surface area (Å²) in [6.07, 6.45) is 7.22. The van der Waals surface area contributed by atoms with Crippen LogP contribution in [0.25, 0.3) is 0 Å². The smallest absolute Gasteiger partial charge is 0.251 e. The predicted octanol–water partition coefficient (Wildman–Crippen LogP) is 4.73. The number of hydrogen-bond donors (Lipinski definition) is 5. The van der Waals surface area contributed by atoms with Gasteiger partial charge < -0.3 is 41.2 Å². The van der Waals surface area contributed by atoms with Gasteiger partial charge in [-0.25, -0.2) is 0 Å². The fraction of sp³-hybridized carbons (Fsp3) is 0.500. The van der Waals surface area contributed by atoms with Gasteiger partial charge in [-0.1, -0.05) is 57.2 Å². The third kappa shape index (κ3) is 13.5. The first kappa shape index (κ1) is 34.5. The Morgan fingerprint density at radius 2 is 1.50 bits per heavy atom. The molecule has 1 amide bonds. The van der Waals surface area contributed by atoms with E-state index in [1.54, 1.807) is 19.2 Å². The van der Waals surface area contributed by atoms with Crippen LogP contribution in [0.15, 0.2) is 48.5 Å². The first-order valence-corrected chi connectivity index (χ1v) is 15.5. The van der Waals surface area contributed by atoms with Crippen LogP contribution in [0, 0.1) is 0 Å². The van der Waals surface area contributed by atoms with E-state index in [0.717, 1.165) is 30.7 Å². The van der Waals surface area contributed by atoms with E-state index >= 15 is 0 Å². The van der Waals surface area contributed by atoms with Crippen molar-refractivity contribution in [2.45, 2.75) is 52.0 Å². The van der Waals surface area contributed by atoms with Gasteiger partial charge in [-0.2, -0.15) is 15.0 Å². The van der Waals surface area contributed by atoms with Crippen LogP contribution in [-0.2, 0) is 16.0 Å². The number of hydrogen-bond acceptors (Lipinski definition) is 11. The van der Waals surface area contributed by atoms with E-state index < -0.39 is 0 Å². The lowest BCUT2D eigenvalue weighted by molar-refractivity contribution is 0.0511. The molecule has 2 aromatic carbocycles. The maximum Gasteiger partial charge on any atom is 0.251 e. The monoisotopic (exact) mass is 608 g/mol. The molecule has 0 radical (unpaired) electrons. The Labute approximate surface area is 260 Å². The van der Waals surface area contributed by atoms with Gasteiger partial charge in [0.05, 0.1) is 33.5 Å². The van der Waals surface area contributed by atoms with Gasteiger partial charge in [0.1, 0.15) is 5.75 Å². The van der Waals surface area contributed by atoms with Gasteiger partial charge in [-0.15, -0.1) is 0 Å². The van der Waals surface area contributed by atoms with Crippen molar-refractivity contribution in [3.05, 3.63) is 59.7 Å². The molecule has 0 atom stereocenters. The molecular formula is C32H48N8O4. The van der Waals surface area contributed by atoms with E-state index in [2.05, 4.69) is 43.1 Å². The molecule has 12 heteroatoms. The first-order chi connectivity index (χ1) is 21.6. The Morgan fingerprint density at radius 1 is 0.795 bits per heavy atom. The highest BCUT2D eigenvalue weighted by Gasteiger charge is 2.10. The van der Waals surface area contributed by atoms with Crippen molar-refractivity contribution in [3.63, 3.8) is 0 Å². The Kier molecular flexibility index (Phi) is 16.3. The fourth-order valence-electron chi connectivity index (χ4n) is 4.23. The second-order valence-electron chi connectivity index (χ2n) is 10.2. The zero-order valence-electron chi connectivity index (χ0n) is 26.1. The van der Waals surface area contributed by atoms with Crippen LogP contribution in [-0.4, -0.2) is 74.0 Å².